The van der Waals surface area contributed by atoms with E-state index in [2.05, 4.69) is 5.32 Å². The first-order valence-corrected chi connectivity index (χ1v) is 11.2. The van der Waals surface area contributed by atoms with E-state index < -0.39 is 20.7 Å². The molecule has 28 heavy (non-hydrogen) atoms. The van der Waals surface area contributed by atoms with Crippen LogP contribution in [-0.4, -0.2) is 63.6 Å². The fourth-order valence-corrected chi connectivity index (χ4v) is 4.81. The molecule has 1 amide bonds. The molecule has 0 radical (unpaired) electrons. The average Bonchev–Trinajstić information content (AvgIpc) is 2.64. The largest absolute Gasteiger partial charge is 0.444 e. The van der Waals surface area contributed by atoms with Crippen LogP contribution in [0.5, 0.6) is 0 Å². The number of benzene rings is 1. The molecule has 7 nitrogen and oxygen atoms in total. The van der Waals surface area contributed by atoms with Crippen LogP contribution in [0.25, 0.3) is 0 Å². The van der Waals surface area contributed by atoms with Crippen molar-refractivity contribution in [2.45, 2.75) is 55.8 Å². The smallest absolute Gasteiger partial charge is 0.410 e. The lowest BCUT2D eigenvalue weighted by Crippen LogP contribution is -2.44. The molecule has 1 saturated heterocycles. The third kappa shape index (κ3) is 6.38. The summed E-state index contributed by atoms with van der Waals surface area (Å²) in [5, 5.41) is 2.76. The van der Waals surface area contributed by atoms with Crippen molar-refractivity contribution in [1.29, 1.82) is 0 Å². The number of anilines is 1. The Labute approximate surface area is 168 Å². The molecular weight excluding hydrogens is 380 g/mol. The average molecular weight is 413 g/mol. The summed E-state index contributed by atoms with van der Waals surface area (Å²) in [6.07, 6.45) is 1.33. The van der Waals surface area contributed by atoms with Crippen molar-refractivity contribution in [3.63, 3.8) is 0 Å². The molecule has 0 aliphatic carbocycles. The zero-order valence-corrected chi connectivity index (χ0v) is 18.0. The zero-order chi connectivity index (χ0) is 20.8. The van der Waals surface area contributed by atoms with Crippen molar-refractivity contribution in [3.05, 3.63) is 24.3 Å². The fourth-order valence-electron chi connectivity index (χ4n) is 3.08. The summed E-state index contributed by atoms with van der Waals surface area (Å²) in [6.45, 7) is 7.68. The van der Waals surface area contributed by atoms with E-state index in [1.165, 1.54) is 0 Å². The lowest BCUT2D eigenvalue weighted by molar-refractivity contribution is 0.0217. The number of ether oxygens (including phenoxy) is 2. The number of carbonyl (C=O) groups excluding carboxylic acids is 1. The number of hydrogen-bond acceptors (Lipinski definition) is 6. The Morgan fingerprint density at radius 2 is 1.79 bits per heavy atom. The van der Waals surface area contributed by atoms with Crippen LogP contribution >= 0.6 is 0 Å². The molecular formula is C20H32N2O5S. The van der Waals surface area contributed by atoms with Crippen LogP contribution < -0.4 is 5.32 Å². The second-order valence-electron chi connectivity index (χ2n) is 8.01. The van der Waals surface area contributed by atoms with Gasteiger partial charge in [0.05, 0.1) is 10.1 Å². The second kappa shape index (κ2) is 9.60. The molecule has 1 N–H and O–H groups in total. The molecule has 0 spiro atoms. The van der Waals surface area contributed by atoms with Gasteiger partial charge in [0.15, 0.2) is 9.84 Å². The first kappa shape index (κ1) is 22.5. The Hall–Kier alpha value is -1.80. The molecule has 1 fully saturated rings. The van der Waals surface area contributed by atoms with Gasteiger partial charge in [0, 0.05) is 39.0 Å². The molecule has 1 heterocycles. The Morgan fingerprint density at radius 3 is 2.32 bits per heavy atom. The third-order valence-electron chi connectivity index (χ3n) is 4.57. The summed E-state index contributed by atoms with van der Waals surface area (Å²) in [7, 11) is -1.75. The maximum absolute atomic E-state index is 12.9. The van der Waals surface area contributed by atoms with Crippen molar-refractivity contribution >= 4 is 21.6 Å². The lowest BCUT2D eigenvalue weighted by Gasteiger charge is -2.33. The molecule has 1 aliphatic heterocycles. The number of amides is 1. The Kier molecular flexibility index (Phi) is 7.71. The quantitative estimate of drug-likeness (QED) is 0.692. The number of rotatable bonds is 7. The van der Waals surface area contributed by atoms with Crippen LogP contribution in [0.3, 0.4) is 0 Å². The van der Waals surface area contributed by atoms with Gasteiger partial charge >= 0.3 is 6.09 Å². The maximum Gasteiger partial charge on any atom is 0.410 e. The number of carbonyl (C=O) groups is 1. The lowest BCUT2D eigenvalue weighted by atomic mass is 10.1. The summed E-state index contributed by atoms with van der Waals surface area (Å²) >= 11 is 0. The monoisotopic (exact) mass is 412 g/mol. The van der Waals surface area contributed by atoms with Gasteiger partial charge < -0.3 is 19.7 Å². The van der Waals surface area contributed by atoms with Crippen molar-refractivity contribution in [1.82, 2.24) is 4.90 Å². The van der Waals surface area contributed by atoms with Gasteiger partial charge in [0.1, 0.15) is 5.60 Å². The van der Waals surface area contributed by atoms with Crippen molar-refractivity contribution < 1.29 is 22.7 Å². The van der Waals surface area contributed by atoms with E-state index in [1.807, 2.05) is 20.8 Å². The minimum absolute atomic E-state index is 0.325. The van der Waals surface area contributed by atoms with Gasteiger partial charge in [0.2, 0.25) is 0 Å². The molecule has 1 aliphatic rings. The topological polar surface area (TPSA) is 84.9 Å². The fraction of sp³-hybridized carbons (Fsp3) is 0.650. The highest BCUT2D eigenvalue weighted by atomic mass is 32.2. The van der Waals surface area contributed by atoms with Gasteiger partial charge in [-0.15, -0.1) is 0 Å². The molecule has 8 heteroatoms. The molecule has 0 saturated carbocycles. The van der Waals surface area contributed by atoms with E-state index in [-0.39, 0.29) is 6.09 Å². The summed E-state index contributed by atoms with van der Waals surface area (Å²) in [5.74, 6) is 0. The second-order valence-corrected chi connectivity index (χ2v) is 10.2. The molecule has 0 aromatic heterocycles. The van der Waals surface area contributed by atoms with Gasteiger partial charge in [-0.3, -0.25) is 0 Å². The highest BCUT2D eigenvalue weighted by Gasteiger charge is 2.34. The number of nitrogens with zero attached hydrogens (tertiary/aromatic N) is 1. The van der Waals surface area contributed by atoms with Gasteiger partial charge in [-0.05, 0) is 64.3 Å². The van der Waals surface area contributed by atoms with Crippen molar-refractivity contribution in [2.24, 2.45) is 0 Å². The highest BCUT2D eigenvalue weighted by molar-refractivity contribution is 7.92. The molecule has 0 unspecified atom stereocenters. The van der Waals surface area contributed by atoms with Crippen LogP contribution in [0.1, 0.15) is 40.0 Å². The summed E-state index contributed by atoms with van der Waals surface area (Å²) in [5.41, 5.74) is 0.328. The summed E-state index contributed by atoms with van der Waals surface area (Å²) in [4.78, 5) is 14.1. The van der Waals surface area contributed by atoms with Gasteiger partial charge in [-0.2, -0.15) is 0 Å². The summed E-state index contributed by atoms with van der Waals surface area (Å²) in [6, 6.07) is 6.87. The van der Waals surface area contributed by atoms with Crippen LogP contribution in [0.4, 0.5) is 10.5 Å². The van der Waals surface area contributed by atoms with Crippen molar-refractivity contribution in [3.8, 4) is 0 Å². The number of nitrogens with one attached hydrogen (secondary N) is 1. The molecule has 0 bridgehead atoms. The predicted octanol–water partition coefficient (Wildman–Crippen LogP) is 3.31. The standard InChI is InChI=1S/C20H32N2O5S/c1-20(2,3)27-19(23)22-13-10-18(11-14-22)28(24,25)17-8-6-16(7-9-17)21-12-5-15-26-4/h6-9,18,21H,5,10-15H2,1-4H3. The van der Waals surface area contributed by atoms with Gasteiger partial charge in [-0.1, -0.05) is 0 Å². The van der Waals surface area contributed by atoms with Crippen LogP contribution in [0.2, 0.25) is 0 Å². The molecule has 0 atom stereocenters. The van der Waals surface area contributed by atoms with Gasteiger partial charge in [-0.25, -0.2) is 13.2 Å². The maximum atomic E-state index is 12.9. The van der Waals surface area contributed by atoms with E-state index in [0.29, 0.717) is 37.4 Å². The van der Waals surface area contributed by atoms with Crippen LogP contribution in [0.15, 0.2) is 29.2 Å². The highest BCUT2D eigenvalue weighted by Crippen LogP contribution is 2.26. The number of methoxy groups -OCH3 is 1. The molecule has 2 rings (SSSR count). The van der Waals surface area contributed by atoms with E-state index in [1.54, 1.807) is 36.3 Å². The SMILES string of the molecule is COCCCNc1ccc(S(=O)(=O)C2CCN(C(=O)OC(C)(C)C)CC2)cc1. The van der Waals surface area contributed by atoms with Crippen LogP contribution in [0, 0.1) is 0 Å². The normalized spacial score (nSPS) is 16.1. The van der Waals surface area contributed by atoms with Crippen molar-refractivity contribution in [2.75, 3.05) is 38.7 Å². The van der Waals surface area contributed by atoms with E-state index >= 15 is 0 Å². The predicted molar refractivity (Wildman–Crippen MR) is 109 cm³/mol. The summed E-state index contributed by atoms with van der Waals surface area (Å²) < 4.78 is 36.2. The number of sulfone groups is 1. The van der Waals surface area contributed by atoms with E-state index in [9.17, 15) is 13.2 Å². The first-order chi connectivity index (χ1) is 13.1. The molecule has 1 aromatic rings. The van der Waals surface area contributed by atoms with Gasteiger partial charge in [0.25, 0.3) is 0 Å². The minimum Gasteiger partial charge on any atom is -0.444 e. The molecule has 1 aromatic carbocycles. The number of hydrogen-bond donors (Lipinski definition) is 1. The number of piperidine rings is 1. The number of likely N-dealkylation sites (tertiary alicyclic amines) is 1. The molecule has 158 valence electrons. The van der Waals surface area contributed by atoms with E-state index in [0.717, 1.165) is 18.7 Å². The zero-order valence-electron chi connectivity index (χ0n) is 17.2. The Balaban J connectivity index is 1.92. The first-order valence-electron chi connectivity index (χ1n) is 9.68. The van der Waals surface area contributed by atoms with E-state index in [4.69, 9.17) is 9.47 Å². The van der Waals surface area contributed by atoms with Crippen LogP contribution in [-0.2, 0) is 19.3 Å². The Morgan fingerprint density at radius 1 is 1.18 bits per heavy atom. The Bertz CT molecular complexity index is 733. The third-order valence-corrected chi connectivity index (χ3v) is 6.85. The minimum atomic E-state index is -3.42.